The first-order valence-electron chi connectivity index (χ1n) is 8.29. The van der Waals surface area contributed by atoms with Crippen molar-refractivity contribution in [2.45, 2.75) is 6.54 Å². The molecule has 1 fully saturated rings. The van der Waals surface area contributed by atoms with Crippen molar-refractivity contribution in [3.63, 3.8) is 0 Å². The Bertz CT molecular complexity index is 1100. The summed E-state index contributed by atoms with van der Waals surface area (Å²) in [6, 6.07) is 12.9. The summed E-state index contributed by atoms with van der Waals surface area (Å²) >= 11 is 6.16. The van der Waals surface area contributed by atoms with Crippen LogP contribution >= 0.6 is 11.6 Å². The number of urea groups is 1. The summed E-state index contributed by atoms with van der Waals surface area (Å²) in [5.41, 5.74) is 0.467. The normalized spacial score (nSPS) is 16.0. The molecule has 2 aromatic heterocycles. The summed E-state index contributed by atoms with van der Waals surface area (Å²) in [7, 11) is 0. The zero-order valence-electron chi connectivity index (χ0n) is 14.3. The fourth-order valence-electron chi connectivity index (χ4n) is 2.77. The second kappa shape index (κ2) is 7.21. The van der Waals surface area contributed by atoms with Gasteiger partial charge in [0.1, 0.15) is 22.9 Å². The SMILES string of the molecule is O=C1NC(=O)N(Cc2ccco2)C(=O)C1=Cc1ccc(-c2ccccc2Cl)o1. The maximum atomic E-state index is 12.7. The van der Waals surface area contributed by atoms with E-state index in [-0.39, 0.29) is 17.9 Å². The summed E-state index contributed by atoms with van der Waals surface area (Å²) in [6.07, 6.45) is 2.72. The first-order chi connectivity index (χ1) is 13.5. The molecule has 0 saturated carbocycles. The molecule has 4 rings (SSSR count). The number of nitrogens with one attached hydrogen (secondary N) is 1. The molecule has 1 N–H and O–H groups in total. The molecule has 3 aromatic rings. The van der Waals surface area contributed by atoms with E-state index in [9.17, 15) is 14.4 Å². The fourth-order valence-corrected chi connectivity index (χ4v) is 3.00. The Hall–Kier alpha value is -3.58. The van der Waals surface area contributed by atoms with Crippen LogP contribution in [0.4, 0.5) is 4.79 Å². The van der Waals surface area contributed by atoms with Gasteiger partial charge < -0.3 is 8.83 Å². The number of barbiturate groups is 1. The summed E-state index contributed by atoms with van der Waals surface area (Å²) in [5.74, 6) is -0.344. The van der Waals surface area contributed by atoms with Crippen LogP contribution in [0, 0.1) is 0 Å². The second-order valence-electron chi connectivity index (χ2n) is 5.97. The summed E-state index contributed by atoms with van der Waals surface area (Å²) < 4.78 is 10.9. The van der Waals surface area contributed by atoms with Gasteiger partial charge in [-0.1, -0.05) is 23.7 Å². The Kier molecular flexibility index (Phi) is 4.58. The van der Waals surface area contributed by atoms with Crippen LogP contribution in [0.15, 0.2) is 69.2 Å². The minimum Gasteiger partial charge on any atom is -0.467 e. The standard InChI is InChI=1S/C20H13ClN2O5/c21-16-6-2-1-5-14(16)17-8-7-12(28-17)10-15-18(24)22-20(26)23(19(15)25)11-13-4-3-9-27-13/h1-10H,11H2,(H,22,24,26). The molecular formula is C20H13ClN2O5. The fraction of sp³-hybridized carbons (Fsp3) is 0.0500. The zero-order valence-corrected chi connectivity index (χ0v) is 15.1. The van der Waals surface area contributed by atoms with E-state index in [1.165, 1.54) is 12.3 Å². The number of carbonyl (C=O) groups excluding carboxylic acids is 3. The summed E-state index contributed by atoms with van der Waals surface area (Å²) in [5, 5.41) is 2.66. The minimum absolute atomic E-state index is 0.0919. The van der Waals surface area contributed by atoms with E-state index in [2.05, 4.69) is 5.32 Å². The third-order valence-electron chi connectivity index (χ3n) is 4.13. The van der Waals surface area contributed by atoms with Crippen LogP contribution in [-0.4, -0.2) is 22.7 Å². The third-order valence-corrected chi connectivity index (χ3v) is 4.46. The molecule has 28 heavy (non-hydrogen) atoms. The number of imide groups is 2. The van der Waals surface area contributed by atoms with Gasteiger partial charge in [-0.3, -0.25) is 19.8 Å². The smallest absolute Gasteiger partial charge is 0.331 e. The van der Waals surface area contributed by atoms with Crippen molar-refractivity contribution in [1.29, 1.82) is 0 Å². The topological polar surface area (TPSA) is 92.8 Å². The van der Waals surface area contributed by atoms with Gasteiger partial charge in [0.25, 0.3) is 11.8 Å². The number of halogens is 1. The molecule has 7 nitrogen and oxygen atoms in total. The molecule has 4 amide bonds. The molecular weight excluding hydrogens is 384 g/mol. The van der Waals surface area contributed by atoms with Crippen LogP contribution < -0.4 is 5.32 Å². The number of nitrogens with zero attached hydrogens (tertiary/aromatic N) is 1. The lowest BCUT2D eigenvalue weighted by molar-refractivity contribution is -0.130. The van der Waals surface area contributed by atoms with Gasteiger partial charge in [-0.25, -0.2) is 4.79 Å². The van der Waals surface area contributed by atoms with E-state index in [1.54, 1.807) is 42.5 Å². The van der Waals surface area contributed by atoms with Gasteiger partial charge in [-0.05, 0) is 42.5 Å². The van der Waals surface area contributed by atoms with Crippen LogP contribution in [0.1, 0.15) is 11.5 Å². The summed E-state index contributed by atoms with van der Waals surface area (Å²) in [6.45, 7) is -0.0919. The lowest BCUT2D eigenvalue weighted by atomic mass is 10.1. The molecule has 0 radical (unpaired) electrons. The molecule has 1 saturated heterocycles. The highest BCUT2D eigenvalue weighted by Crippen LogP contribution is 2.30. The Morgan fingerprint density at radius 1 is 1.04 bits per heavy atom. The first-order valence-corrected chi connectivity index (χ1v) is 8.67. The monoisotopic (exact) mass is 396 g/mol. The van der Waals surface area contributed by atoms with Crippen LogP contribution in [0.25, 0.3) is 17.4 Å². The maximum Gasteiger partial charge on any atom is 0.331 e. The maximum absolute atomic E-state index is 12.7. The lowest BCUT2D eigenvalue weighted by Gasteiger charge is -2.25. The Morgan fingerprint density at radius 2 is 1.86 bits per heavy atom. The highest BCUT2D eigenvalue weighted by atomic mass is 35.5. The van der Waals surface area contributed by atoms with Crippen LogP contribution in [-0.2, 0) is 16.1 Å². The van der Waals surface area contributed by atoms with Crippen LogP contribution in [0.2, 0.25) is 5.02 Å². The number of carbonyl (C=O) groups is 3. The van der Waals surface area contributed by atoms with Gasteiger partial charge >= 0.3 is 6.03 Å². The predicted octanol–water partition coefficient (Wildman–Crippen LogP) is 3.86. The van der Waals surface area contributed by atoms with Crippen molar-refractivity contribution >= 4 is 35.5 Å². The molecule has 0 spiro atoms. The van der Waals surface area contributed by atoms with Gasteiger partial charge in [-0.15, -0.1) is 0 Å². The highest BCUT2D eigenvalue weighted by Gasteiger charge is 2.36. The van der Waals surface area contributed by atoms with Gasteiger partial charge in [0, 0.05) is 5.56 Å². The van der Waals surface area contributed by atoms with E-state index >= 15 is 0 Å². The zero-order chi connectivity index (χ0) is 19.7. The molecule has 1 aliphatic heterocycles. The molecule has 0 bridgehead atoms. The number of hydrogen-bond donors (Lipinski definition) is 1. The van der Waals surface area contributed by atoms with Crippen molar-refractivity contribution in [1.82, 2.24) is 10.2 Å². The van der Waals surface area contributed by atoms with Crippen molar-refractivity contribution in [2.24, 2.45) is 0 Å². The Labute approximate surface area is 164 Å². The van der Waals surface area contributed by atoms with E-state index in [1.807, 2.05) is 6.07 Å². The van der Waals surface area contributed by atoms with Gasteiger partial charge in [-0.2, -0.15) is 0 Å². The predicted molar refractivity (Wildman–Crippen MR) is 99.9 cm³/mol. The lowest BCUT2D eigenvalue weighted by Crippen LogP contribution is -2.53. The average molecular weight is 397 g/mol. The van der Waals surface area contributed by atoms with Crippen molar-refractivity contribution < 1.29 is 23.2 Å². The number of hydrogen-bond acceptors (Lipinski definition) is 5. The molecule has 140 valence electrons. The average Bonchev–Trinajstić information content (AvgIpc) is 3.34. The molecule has 0 aliphatic carbocycles. The van der Waals surface area contributed by atoms with E-state index in [4.69, 9.17) is 20.4 Å². The third kappa shape index (κ3) is 3.35. The quantitative estimate of drug-likeness (QED) is 0.534. The van der Waals surface area contributed by atoms with E-state index in [0.29, 0.717) is 22.1 Å². The minimum atomic E-state index is -0.806. The number of benzene rings is 1. The number of rotatable bonds is 4. The van der Waals surface area contributed by atoms with E-state index < -0.39 is 17.8 Å². The van der Waals surface area contributed by atoms with E-state index in [0.717, 1.165) is 4.90 Å². The van der Waals surface area contributed by atoms with Crippen molar-refractivity contribution in [3.05, 3.63) is 76.9 Å². The van der Waals surface area contributed by atoms with Gasteiger partial charge in [0.15, 0.2) is 0 Å². The molecule has 3 heterocycles. The largest absolute Gasteiger partial charge is 0.467 e. The molecule has 0 unspecified atom stereocenters. The Balaban J connectivity index is 1.63. The van der Waals surface area contributed by atoms with Gasteiger partial charge in [0.05, 0.1) is 17.8 Å². The molecule has 1 aliphatic rings. The van der Waals surface area contributed by atoms with Gasteiger partial charge in [0.2, 0.25) is 0 Å². The number of amides is 4. The highest BCUT2D eigenvalue weighted by molar-refractivity contribution is 6.33. The van der Waals surface area contributed by atoms with Crippen LogP contribution in [0.3, 0.4) is 0 Å². The molecule has 8 heteroatoms. The number of furan rings is 2. The first kappa shape index (κ1) is 17.8. The molecule has 0 atom stereocenters. The van der Waals surface area contributed by atoms with Crippen molar-refractivity contribution in [2.75, 3.05) is 0 Å². The second-order valence-corrected chi connectivity index (χ2v) is 6.38. The van der Waals surface area contributed by atoms with Crippen LogP contribution in [0.5, 0.6) is 0 Å². The Morgan fingerprint density at radius 3 is 2.61 bits per heavy atom. The summed E-state index contributed by atoms with van der Waals surface area (Å²) in [4.78, 5) is 37.8. The molecule has 1 aromatic carbocycles. The van der Waals surface area contributed by atoms with Crippen molar-refractivity contribution in [3.8, 4) is 11.3 Å².